The van der Waals surface area contributed by atoms with Crippen LogP contribution in [0.25, 0.3) is 11.3 Å². The van der Waals surface area contributed by atoms with Gasteiger partial charge in [-0.3, -0.25) is 4.98 Å². The summed E-state index contributed by atoms with van der Waals surface area (Å²) in [5.74, 6) is 1.68. The fraction of sp³-hybridized carbons (Fsp3) is 0.211. The Kier molecular flexibility index (Phi) is 3.83. The summed E-state index contributed by atoms with van der Waals surface area (Å²) in [6, 6.07) is 14.0. The maximum atomic E-state index is 6.01. The number of benzene rings is 1. The molecule has 1 unspecified atom stereocenters. The van der Waals surface area contributed by atoms with Crippen molar-refractivity contribution in [3.05, 3.63) is 66.6 Å². The van der Waals surface area contributed by atoms with Crippen LogP contribution in [0.3, 0.4) is 0 Å². The first-order valence-corrected chi connectivity index (χ1v) is 7.99. The van der Waals surface area contributed by atoms with Crippen LogP contribution in [0.4, 0.5) is 5.95 Å². The molecule has 0 fully saturated rings. The van der Waals surface area contributed by atoms with E-state index < -0.39 is 0 Å². The molecule has 120 valence electrons. The molecule has 3 aromatic rings. The van der Waals surface area contributed by atoms with E-state index in [9.17, 15) is 0 Å². The molecule has 1 aromatic carbocycles. The van der Waals surface area contributed by atoms with Crippen LogP contribution in [-0.2, 0) is 6.42 Å². The zero-order chi connectivity index (χ0) is 16.4. The molecule has 5 heteroatoms. The van der Waals surface area contributed by atoms with Crippen molar-refractivity contribution in [3.63, 3.8) is 0 Å². The highest BCUT2D eigenvalue weighted by atomic mass is 16.5. The number of likely N-dealkylation sites (N-methyl/N-ethyl adjacent to an activating group) is 1. The fourth-order valence-electron chi connectivity index (χ4n) is 2.95. The number of hydrogen-bond acceptors (Lipinski definition) is 5. The van der Waals surface area contributed by atoms with Gasteiger partial charge in [-0.05, 0) is 29.8 Å². The molecule has 24 heavy (non-hydrogen) atoms. The van der Waals surface area contributed by atoms with Gasteiger partial charge in [0, 0.05) is 37.6 Å². The van der Waals surface area contributed by atoms with Crippen molar-refractivity contribution in [1.29, 1.82) is 0 Å². The molecule has 1 aliphatic heterocycles. The Morgan fingerprint density at radius 2 is 2.04 bits per heavy atom. The highest BCUT2D eigenvalue weighted by Crippen LogP contribution is 2.28. The summed E-state index contributed by atoms with van der Waals surface area (Å²) >= 11 is 0. The summed E-state index contributed by atoms with van der Waals surface area (Å²) in [4.78, 5) is 15.2. The van der Waals surface area contributed by atoms with Crippen LogP contribution in [0.5, 0.6) is 5.75 Å². The third-order valence-electron chi connectivity index (χ3n) is 4.13. The van der Waals surface area contributed by atoms with Gasteiger partial charge in [0.15, 0.2) is 0 Å². The van der Waals surface area contributed by atoms with Crippen LogP contribution >= 0.6 is 0 Å². The van der Waals surface area contributed by atoms with Gasteiger partial charge in [-0.1, -0.05) is 18.2 Å². The van der Waals surface area contributed by atoms with Gasteiger partial charge in [-0.25, -0.2) is 9.97 Å². The number of ether oxygens (including phenoxy) is 1. The lowest BCUT2D eigenvalue weighted by Crippen LogP contribution is -2.33. The van der Waals surface area contributed by atoms with E-state index in [1.807, 2.05) is 48.5 Å². The summed E-state index contributed by atoms with van der Waals surface area (Å²) in [5, 5.41) is 0. The van der Waals surface area contributed by atoms with E-state index in [0.29, 0.717) is 5.95 Å². The number of anilines is 1. The van der Waals surface area contributed by atoms with Crippen molar-refractivity contribution in [2.45, 2.75) is 12.5 Å². The van der Waals surface area contributed by atoms with Crippen LogP contribution in [0.2, 0.25) is 0 Å². The van der Waals surface area contributed by atoms with Gasteiger partial charge in [0.2, 0.25) is 5.95 Å². The maximum absolute atomic E-state index is 6.01. The van der Waals surface area contributed by atoms with E-state index in [2.05, 4.69) is 27.1 Å². The molecule has 2 aromatic heterocycles. The molecule has 0 bridgehead atoms. The molecule has 0 radical (unpaired) electrons. The van der Waals surface area contributed by atoms with E-state index >= 15 is 0 Å². The number of pyridine rings is 1. The van der Waals surface area contributed by atoms with Crippen molar-refractivity contribution in [1.82, 2.24) is 15.0 Å². The van der Waals surface area contributed by atoms with Crippen molar-refractivity contribution >= 4 is 5.95 Å². The van der Waals surface area contributed by atoms with Gasteiger partial charge >= 0.3 is 0 Å². The van der Waals surface area contributed by atoms with Crippen molar-refractivity contribution in [2.75, 3.05) is 18.5 Å². The Morgan fingerprint density at radius 1 is 1.12 bits per heavy atom. The van der Waals surface area contributed by atoms with E-state index in [1.165, 1.54) is 5.56 Å². The molecular formula is C19H18N4O. The first-order chi connectivity index (χ1) is 11.8. The van der Waals surface area contributed by atoms with Crippen molar-refractivity contribution in [3.8, 4) is 17.0 Å². The summed E-state index contributed by atoms with van der Waals surface area (Å²) in [6.45, 7) is 0.741. The smallest absolute Gasteiger partial charge is 0.225 e. The minimum absolute atomic E-state index is 0.123. The molecule has 0 saturated heterocycles. The monoisotopic (exact) mass is 318 g/mol. The molecule has 4 rings (SSSR count). The second-order valence-corrected chi connectivity index (χ2v) is 5.92. The number of fused-ring (bicyclic) bond motifs is 1. The molecule has 5 nitrogen and oxygen atoms in total. The minimum Gasteiger partial charge on any atom is -0.488 e. The normalized spacial score (nSPS) is 15.6. The van der Waals surface area contributed by atoms with Gasteiger partial charge in [0.1, 0.15) is 11.9 Å². The van der Waals surface area contributed by atoms with Gasteiger partial charge in [-0.15, -0.1) is 0 Å². The molecule has 1 aliphatic rings. The third-order valence-corrected chi connectivity index (χ3v) is 4.13. The molecule has 0 saturated carbocycles. The van der Waals surface area contributed by atoms with Gasteiger partial charge in [-0.2, -0.15) is 0 Å². The van der Waals surface area contributed by atoms with Gasteiger partial charge < -0.3 is 9.64 Å². The quantitative estimate of drug-likeness (QED) is 0.740. The van der Waals surface area contributed by atoms with Gasteiger partial charge in [0.25, 0.3) is 0 Å². The Morgan fingerprint density at radius 3 is 2.88 bits per heavy atom. The predicted octanol–water partition coefficient (Wildman–Crippen LogP) is 2.98. The number of nitrogens with zero attached hydrogens (tertiary/aromatic N) is 4. The van der Waals surface area contributed by atoms with Crippen molar-refractivity contribution in [2.24, 2.45) is 0 Å². The second-order valence-electron chi connectivity index (χ2n) is 5.92. The minimum atomic E-state index is 0.123. The first-order valence-electron chi connectivity index (χ1n) is 7.99. The summed E-state index contributed by atoms with van der Waals surface area (Å²) in [6.07, 6.45) is 6.39. The van der Waals surface area contributed by atoms with Crippen LogP contribution in [0.15, 0.2) is 61.1 Å². The standard InChI is InChI=1S/C19H18N4O/c1-23(13-16-11-14-5-2-3-7-18(14)24-16)19-21-10-8-17(22-19)15-6-4-9-20-12-15/h2-10,12,16H,11,13H2,1H3. The Labute approximate surface area is 141 Å². The van der Waals surface area contributed by atoms with Crippen LogP contribution in [0, 0.1) is 0 Å². The number of aromatic nitrogens is 3. The zero-order valence-corrected chi connectivity index (χ0v) is 13.5. The molecule has 0 amide bonds. The number of hydrogen-bond donors (Lipinski definition) is 0. The Balaban J connectivity index is 1.49. The van der Waals surface area contributed by atoms with E-state index in [4.69, 9.17) is 4.74 Å². The zero-order valence-electron chi connectivity index (χ0n) is 13.5. The lowest BCUT2D eigenvalue weighted by molar-refractivity contribution is 0.238. The molecule has 1 atom stereocenters. The third kappa shape index (κ3) is 2.93. The molecule has 0 spiro atoms. The topological polar surface area (TPSA) is 51.1 Å². The van der Waals surface area contributed by atoms with E-state index in [-0.39, 0.29) is 6.10 Å². The molecular weight excluding hydrogens is 300 g/mol. The highest BCUT2D eigenvalue weighted by Gasteiger charge is 2.24. The SMILES string of the molecule is CN(CC1Cc2ccccc2O1)c1nccc(-c2cccnc2)n1. The highest BCUT2D eigenvalue weighted by molar-refractivity contribution is 5.58. The lowest BCUT2D eigenvalue weighted by Gasteiger charge is -2.21. The molecule has 3 heterocycles. The largest absolute Gasteiger partial charge is 0.488 e. The fourth-order valence-corrected chi connectivity index (χ4v) is 2.95. The van der Waals surface area contributed by atoms with Crippen LogP contribution < -0.4 is 9.64 Å². The average Bonchev–Trinajstić information content (AvgIpc) is 3.05. The van der Waals surface area contributed by atoms with E-state index in [1.54, 1.807) is 12.4 Å². The molecule has 0 N–H and O–H groups in total. The number of para-hydroxylation sites is 1. The van der Waals surface area contributed by atoms with E-state index in [0.717, 1.165) is 30.0 Å². The van der Waals surface area contributed by atoms with Crippen molar-refractivity contribution < 1.29 is 4.74 Å². The summed E-state index contributed by atoms with van der Waals surface area (Å²) < 4.78 is 6.01. The summed E-state index contributed by atoms with van der Waals surface area (Å²) in [7, 11) is 1.99. The second kappa shape index (κ2) is 6.28. The van der Waals surface area contributed by atoms with Crippen LogP contribution in [0.1, 0.15) is 5.56 Å². The predicted molar refractivity (Wildman–Crippen MR) is 93.1 cm³/mol. The van der Waals surface area contributed by atoms with Gasteiger partial charge in [0.05, 0.1) is 12.2 Å². The maximum Gasteiger partial charge on any atom is 0.225 e. The lowest BCUT2D eigenvalue weighted by atomic mass is 10.1. The van der Waals surface area contributed by atoms with Crippen LogP contribution in [-0.4, -0.2) is 34.6 Å². The summed E-state index contributed by atoms with van der Waals surface area (Å²) in [5.41, 5.74) is 3.12. The molecule has 0 aliphatic carbocycles. The average molecular weight is 318 g/mol. The number of rotatable bonds is 4. The Hall–Kier alpha value is -2.95. The first kappa shape index (κ1) is 14.6. The Bertz CT molecular complexity index is 813.